The van der Waals surface area contributed by atoms with Crippen LogP contribution in [-0.4, -0.2) is 10.2 Å². The number of hydrogen-bond donors (Lipinski definition) is 2. The molecule has 4 nitrogen and oxygen atoms in total. The summed E-state index contributed by atoms with van der Waals surface area (Å²) >= 11 is 0. The lowest BCUT2D eigenvalue weighted by atomic mass is 10.0. The molecular weight excluding hydrogens is 278 g/mol. The molecule has 3 aromatic rings. The number of fused-ring (bicyclic) bond motifs is 5. The maximum atomic E-state index is 9.85. The Kier molecular flexibility index (Phi) is 2.64. The van der Waals surface area contributed by atoms with Gasteiger partial charge >= 0.3 is 0 Å². The van der Waals surface area contributed by atoms with Crippen molar-refractivity contribution in [2.45, 2.75) is 19.3 Å². The number of aromatic hydroxyl groups is 2. The average Bonchev–Trinajstić information content (AvgIpc) is 2.76. The van der Waals surface area contributed by atoms with Crippen molar-refractivity contribution in [2.75, 3.05) is 0 Å². The second kappa shape index (κ2) is 4.54. The van der Waals surface area contributed by atoms with E-state index in [0.717, 1.165) is 47.1 Å². The van der Waals surface area contributed by atoms with Crippen molar-refractivity contribution in [1.82, 2.24) is 0 Å². The third kappa shape index (κ3) is 1.69. The minimum atomic E-state index is -0.0580. The Hall–Kier alpha value is -2.93. The van der Waals surface area contributed by atoms with Gasteiger partial charge in [-0.3, -0.25) is 0 Å². The highest BCUT2D eigenvalue weighted by molar-refractivity contribution is 5.98. The molecule has 1 aliphatic rings. The van der Waals surface area contributed by atoms with Gasteiger partial charge in [-0.2, -0.15) is 0 Å². The van der Waals surface area contributed by atoms with Crippen molar-refractivity contribution in [3.05, 3.63) is 52.9 Å². The fraction of sp³-hybridized carbons (Fsp3) is 0.167. The SMILES string of the molecule is [C-]#[N+]c1c(O)ccc2c3c(oc12)-c1ccc(O)cc1CCC3. The first kappa shape index (κ1) is 12.8. The standard InChI is InChI=1S/C18H13NO3/c1-19-16-15(21)8-7-14-13-4-2-3-10-9-11(20)5-6-12(10)17(13)22-18(14)16/h5-9,20-21H,2-4H2. The van der Waals surface area contributed by atoms with Crippen LogP contribution in [0, 0.1) is 6.57 Å². The molecule has 0 unspecified atom stereocenters. The Morgan fingerprint density at radius 2 is 1.95 bits per heavy atom. The van der Waals surface area contributed by atoms with Gasteiger partial charge in [0.15, 0.2) is 0 Å². The summed E-state index contributed by atoms with van der Waals surface area (Å²) in [5, 5.41) is 20.4. The van der Waals surface area contributed by atoms with E-state index in [2.05, 4.69) is 4.85 Å². The van der Waals surface area contributed by atoms with Crippen molar-refractivity contribution in [3.8, 4) is 22.8 Å². The van der Waals surface area contributed by atoms with Gasteiger partial charge in [0.25, 0.3) is 5.69 Å². The fourth-order valence-electron chi connectivity index (χ4n) is 3.23. The van der Waals surface area contributed by atoms with Gasteiger partial charge in [-0.25, -0.2) is 4.85 Å². The van der Waals surface area contributed by atoms with E-state index < -0.39 is 0 Å². The zero-order valence-corrected chi connectivity index (χ0v) is 11.8. The van der Waals surface area contributed by atoms with E-state index in [1.54, 1.807) is 18.2 Å². The first-order valence-corrected chi connectivity index (χ1v) is 7.16. The number of rotatable bonds is 0. The monoisotopic (exact) mass is 291 g/mol. The second-order valence-corrected chi connectivity index (χ2v) is 5.53. The van der Waals surface area contributed by atoms with Crippen LogP contribution >= 0.6 is 0 Å². The van der Waals surface area contributed by atoms with Crippen LogP contribution in [-0.2, 0) is 12.8 Å². The molecule has 108 valence electrons. The number of phenols is 2. The maximum absolute atomic E-state index is 9.85. The molecule has 0 saturated heterocycles. The second-order valence-electron chi connectivity index (χ2n) is 5.53. The van der Waals surface area contributed by atoms with Crippen molar-refractivity contribution >= 4 is 16.7 Å². The predicted molar refractivity (Wildman–Crippen MR) is 83.3 cm³/mol. The number of nitrogens with zero attached hydrogens (tertiary/aromatic N) is 1. The molecule has 1 aromatic heterocycles. The summed E-state index contributed by atoms with van der Waals surface area (Å²) in [5.74, 6) is 0.938. The van der Waals surface area contributed by atoms with Crippen LogP contribution in [0.25, 0.3) is 27.1 Å². The number of aryl methyl sites for hydroxylation is 2. The van der Waals surface area contributed by atoms with Gasteiger partial charge in [0.1, 0.15) is 22.8 Å². The van der Waals surface area contributed by atoms with Crippen molar-refractivity contribution in [2.24, 2.45) is 0 Å². The van der Waals surface area contributed by atoms with Gasteiger partial charge in [0, 0.05) is 16.5 Å². The third-order valence-corrected chi connectivity index (χ3v) is 4.23. The average molecular weight is 291 g/mol. The third-order valence-electron chi connectivity index (χ3n) is 4.23. The van der Waals surface area contributed by atoms with Crippen molar-refractivity contribution in [3.63, 3.8) is 0 Å². The Morgan fingerprint density at radius 1 is 1.09 bits per heavy atom. The molecule has 22 heavy (non-hydrogen) atoms. The van der Waals surface area contributed by atoms with Gasteiger partial charge < -0.3 is 14.6 Å². The van der Waals surface area contributed by atoms with Crippen LogP contribution in [0.2, 0.25) is 0 Å². The van der Waals surface area contributed by atoms with Crippen molar-refractivity contribution in [1.29, 1.82) is 0 Å². The Bertz CT molecular complexity index is 947. The quantitative estimate of drug-likeness (QED) is 0.597. The summed E-state index contributed by atoms with van der Waals surface area (Å²) in [7, 11) is 0. The first-order valence-electron chi connectivity index (χ1n) is 7.16. The minimum absolute atomic E-state index is 0.0580. The molecule has 0 radical (unpaired) electrons. The molecule has 1 heterocycles. The lowest BCUT2D eigenvalue weighted by Crippen LogP contribution is -1.86. The zero-order chi connectivity index (χ0) is 15.3. The van der Waals surface area contributed by atoms with Gasteiger partial charge in [-0.05, 0) is 55.2 Å². The summed E-state index contributed by atoms with van der Waals surface area (Å²) in [6.07, 6.45) is 2.68. The fourth-order valence-corrected chi connectivity index (χ4v) is 3.23. The van der Waals surface area contributed by atoms with Crippen LogP contribution in [0.5, 0.6) is 11.5 Å². The maximum Gasteiger partial charge on any atom is 0.269 e. The number of hydrogen-bond acceptors (Lipinski definition) is 3. The van der Waals surface area contributed by atoms with Crippen LogP contribution in [0.3, 0.4) is 0 Å². The Balaban J connectivity index is 2.09. The molecule has 0 saturated carbocycles. The highest BCUT2D eigenvalue weighted by Gasteiger charge is 2.23. The van der Waals surface area contributed by atoms with Crippen LogP contribution in [0.15, 0.2) is 34.7 Å². The molecule has 0 spiro atoms. The van der Waals surface area contributed by atoms with E-state index in [9.17, 15) is 10.2 Å². The molecule has 4 rings (SSSR count). The summed E-state index contributed by atoms with van der Waals surface area (Å²) in [5.41, 5.74) is 3.68. The molecule has 1 aliphatic carbocycles. The lowest BCUT2D eigenvalue weighted by molar-refractivity contribution is 0.474. The zero-order valence-electron chi connectivity index (χ0n) is 11.8. The van der Waals surface area contributed by atoms with Gasteiger partial charge in [0.2, 0.25) is 0 Å². The lowest BCUT2D eigenvalue weighted by Gasteiger charge is -2.05. The van der Waals surface area contributed by atoms with E-state index in [0.29, 0.717) is 5.58 Å². The Morgan fingerprint density at radius 3 is 2.77 bits per heavy atom. The highest BCUT2D eigenvalue weighted by atomic mass is 16.3. The molecule has 0 atom stereocenters. The smallest absolute Gasteiger partial charge is 0.269 e. The number of phenolic OH excluding ortho intramolecular Hbond substituents is 2. The largest absolute Gasteiger partial charge is 0.519 e. The van der Waals surface area contributed by atoms with E-state index >= 15 is 0 Å². The van der Waals surface area contributed by atoms with Crippen molar-refractivity contribution < 1.29 is 14.6 Å². The predicted octanol–water partition coefficient (Wildman–Crippen LogP) is 4.55. The molecule has 0 bridgehead atoms. The van der Waals surface area contributed by atoms with E-state index in [4.69, 9.17) is 11.0 Å². The summed E-state index contributed by atoms with van der Waals surface area (Å²) in [6, 6.07) is 8.63. The molecule has 0 aliphatic heterocycles. The van der Waals surface area contributed by atoms with E-state index in [1.807, 2.05) is 12.1 Å². The van der Waals surface area contributed by atoms with Crippen LogP contribution in [0.4, 0.5) is 5.69 Å². The van der Waals surface area contributed by atoms with E-state index in [1.165, 1.54) is 0 Å². The normalized spacial score (nSPS) is 13.2. The molecule has 2 N–H and O–H groups in total. The van der Waals surface area contributed by atoms with E-state index in [-0.39, 0.29) is 17.2 Å². The molecular formula is C18H13NO3. The summed E-state index contributed by atoms with van der Waals surface area (Å²) in [6.45, 7) is 7.26. The van der Waals surface area contributed by atoms with Gasteiger partial charge in [0.05, 0.1) is 6.57 Å². The Labute approximate surface area is 127 Å². The molecule has 0 fully saturated rings. The topological polar surface area (TPSA) is 58.0 Å². The van der Waals surface area contributed by atoms with Gasteiger partial charge in [-0.15, -0.1) is 0 Å². The summed E-state index contributed by atoms with van der Waals surface area (Å²) in [4.78, 5) is 3.40. The molecule has 4 heteroatoms. The number of furan rings is 1. The summed E-state index contributed by atoms with van der Waals surface area (Å²) < 4.78 is 5.98. The van der Waals surface area contributed by atoms with Crippen LogP contribution in [0.1, 0.15) is 17.5 Å². The molecule has 2 aromatic carbocycles. The van der Waals surface area contributed by atoms with Gasteiger partial charge in [-0.1, -0.05) is 0 Å². The first-order chi connectivity index (χ1) is 10.7. The molecule has 0 amide bonds. The highest BCUT2D eigenvalue weighted by Crippen LogP contribution is 2.45. The van der Waals surface area contributed by atoms with Crippen LogP contribution < -0.4 is 0 Å². The number of benzene rings is 2. The minimum Gasteiger partial charge on any atom is -0.519 e.